The number of benzene rings is 2. The van der Waals surface area contributed by atoms with E-state index in [1.54, 1.807) is 10.9 Å². The highest BCUT2D eigenvalue weighted by Crippen LogP contribution is 2.30. The number of ketones is 1. The van der Waals surface area contributed by atoms with E-state index in [-0.39, 0.29) is 5.82 Å². The van der Waals surface area contributed by atoms with Crippen molar-refractivity contribution in [2.75, 3.05) is 12.3 Å². The summed E-state index contributed by atoms with van der Waals surface area (Å²) in [5, 5.41) is 5.57. The van der Waals surface area contributed by atoms with Crippen molar-refractivity contribution in [1.82, 2.24) is 18.9 Å². The van der Waals surface area contributed by atoms with Crippen molar-refractivity contribution in [3.63, 3.8) is 0 Å². The van der Waals surface area contributed by atoms with Crippen molar-refractivity contribution in [1.29, 1.82) is 0 Å². The van der Waals surface area contributed by atoms with Gasteiger partial charge in [-0.05, 0) is 30.3 Å². The molecule has 5 rings (SSSR count). The van der Waals surface area contributed by atoms with E-state index < -0.39 is 35.2 Å². The number of carbonyl (C=O) groups excluding carboxylic acids is 2. The van der Waals surface area contributed by atoms with Crippen LogP contribution in [0, 0.1) is 0 Å². The Labute approximate surface area is 221 Å². The van der Waals surface area contributed by atoms with Crippen LogP contribution in [0.1, 0.15) is 15.9 Å². The lowest BCUT2D eigenvalue weighted by atomic mass is 10.2. The molecule has 5 aromatic rings. The minimum absolute atomic E-state index is 0.302. The number of para-hydroxylation sites is 2. The maximum Gasteiger partial charge on any atom is 0.332 e. The molecule has 3 aromatic heterocycles. The van der Waals surface area contributed by atoms with Crippen LogP contribution in [0.15, 0.2) is 86.9 Å². The molecule has 2 aromatic carbocycles. The molecule has 0 aliphatic heterocycles. The van der Waals surface area contributed by atoms with Gasteiger partial charge in [0.25, 0.3) is 5.56 Å². The van der Waals surface area contributed by atoms with E-state index in [0.29, 0.717) is 22.6 Å². The predicted octanol–water partition coefficient (Wildman–Crippen LogP) is 2.70. The SMILES string of the molecule is Cn1c(N)c(C(=O)COC(=O)C=Cc2cn(-c3ccccc3)nc2-c2cc3ccccc3o2)c(=O)n(C)c1=O. The fourth-order valence-corrected chi connectivity index (χ4v) is 4.05. The van der Waals surface area contributed by atoms with E-state index >= 15 is 0 Å². The summed E-state index contributed by atoms with van der Waals surface area (Å²) in [6, 6.07) is 18.8. The van der Waals surface area contributed by atoms with Crippen LogP contribution in [0.25, 0.3) is 34.2 Å². The van der Waals surface area contributed by atoms with Gasteiger partial charge in [-0.15, -0.1) is 0 Å². The first-order valence-corrected chi connectivity index (χ1v) is 11.8. The van der Waals surface area contributed by atoms with Gasteiger partial charge in [-0.25, -0.2) is 14.3 Å². The number of fused-ring (bicyclic) bond motifs is 1. The van der Waals surface area contributed by atoms with Gasteiger partial charge >= 0.3 is 11.7 Å². The monoisotopic (exact) mass is 525 g/mol. The fourth-order valence-electron chi connectivity index (χ4n) is 4.05. The predicted molar refractivity (Wildman–Crippen MR) is 144 cm³/mol. The molecule has 0 bridgehead atoms. The standard InChI is InChI=1S/C28H23N5O6/c1-31-26(29)24(27(36)32(2)28(31)37)20(34)16-38-23(35)13-12-18-15-33(19-9-4-3-5-10-19)30-25(18)22-14-17-8-6-7-11-21(17)39-22/h3-15H,16,29H2,1-2H3. The van der Waals surface area contributed by atoms with Gasteiger partial charge in [-0.3, -0.25) is 18.7 Å². The lowest BCUT2D eigenvalue weighted by Crippen LogP contribution is -2.42. The van der Waals surface area contributed by atoms with Gasteiger partial charge in [0.1, 0.15) is 22.7 Å². The van der Waals surface area contributed by atoms with Gasteiger partial charge in [0.05, 0.1) is 5.69 Å². The molecule has 0 aliphatic rings. The minimum atomic E-state index is -0.865. The van der Waals surface area contributed by atoms with E-state index in [2.05, 4.69) is 5.10 Å². The molecule has 2 N–H and O–H groups in total. The normalized spacial score (nSPS) is 11.3. The molecular formula is C28H23N5O6. The molecule has 196 valence electrons. The van der Waals surface area contributed by atoms with E-state index in [0.717, 1.165) is 26.3 Å². The van der Waals surface area contributed by atoms with Gasteiger partial charge < -0.3 is 14.9 Å². The highest BCUT2D eigenvalue weighted by atomic mass is 16.5. The lowest BCUT2D eigenvalue weighted by molar-refractivity contribution is -0.136. The molecule has 0 fully saturated rings. The number of nitrogens with two attached hydrogens (primary N) is 1. The Morgan fingerprint density at radius 1 is 1.03 bits per heavy atom. The molecule has 0 spiro atoms. The third-order valence-electron chi connectivity index (χ3n) is 6.16. The molecule has 0 aliphatic carbocycles. The summed E-state index contributed by atoms with van der Waals surface area (Å²) in [5.41, 5.74) is 6.40. The first-order chi connectivity index (χ1) is 18.7. The zero-order chi connectivity index (χ0) is 27.7. The van der Waals surface area contributed by atoms with E-state index in [1.807, 2.05) is 60.7 Å². The summed E-state index contributed by atoms with van der Waals surface area (Å²) in [6.07, 6.45) is 4.39. The first kappa shape index (κ1) is 25.2. The Morgan fingerprint density at radius 3 is 2.49 bits per heavy atom. The maximum atomic E-state index is 12.6. The van der Waals surface area contributed by atoms with Crippen molar-refractivity contribution >= 4 is 34.6 Å². The molecule has 11 heteroatoms. The van der Waals surface area contributed by atoms with Crippen LogP contribution in [0.5, 0.6) is 0 Å². The molecule has 3 heterocycles. The highest BCUT2D eigenvalue weighted by molar-refractivity contribution is 6.02. The number of esters is 1. The van der Waals surface area contributed by atoms with Crippen LogP contribution in [0.3, 0.4) is 0 Å². The summed E-state index contributed by atoms with van der Waals surface area (Å²) in [5.74, 6) is -1.45. The molecule has 11 nitrogen and oxygen atoms in total. The number of Topliss-reactive ketones (excluding diaryl/α,β-unsaturated/α-hetero) is 1. The zero-order valence-electron chi connectivity index (χ0n) is 21.0. The van der Waals surface area contributed by atoms with E-state index in [4.69, 9.17) is 14.9 Å². The quantitative estimate of drug-likeness (QED) is 0.194. The average Bonchev–Trinajstić information content (AvgIpc) is 3.58. The number of hydrogen-bond acceptors (Lipinski definition) is 8. The first-order valence-electron chi connectivity index (χ1n) is 11.8. The Bertz CT molecular complexity index is 1840. The summed E-state index contributed by atoms with van der Waals surface area (Å²) in [7, 11) is 2.56. The van der Waals surface area contributed by atoms with Gasteiger partial charge in [0.15, 0.2) is 12.4 Å². The molecule has 0 atom stereocenters. The van der Waals surface area contributed by atoms with Crippen LogP contribution < -0.4 is 17.0 Å². The van der Waals surface area contributed by atoms with Crippen LogP contribution >= 0.6 is 0 Å². The van der Waals surface area contributed by atoms with E-state index in [1.165, 1.54) is 20.2 Å². The number of nitrogens with zero attached hydrogens (tertiary/aromatic N) is 4. The van der Waals surface area contributed by atoms with Crippen molar-refractivity contribution in [3.8, 4) is 17.1 Å². The Kier molecular flexibility index (Phi) is 6.55. The highest BCUT2D eigenvalue weighted by Gasteiger charge is 2.21. The Balaban J connectivity index is 1.40. The molecular weight excluding hydrogens is 502 g/mol. The van der Waals surface area contributed by atoms with Crippen molar-refractivity contribution < 1.29 is 18.7 Å². The molecule has 0 radical (unpaired) electrons. The van der Waals surface area contributed by atoms with Gasteiger partial charge in [-0.2, -0.15) is 5.10 Å². The summed E-state index contributed by atoms with van der Waals surface area (Å²) in [6.45, 7) is -0.736. The Hall–Kier alpha value is -5.45. The number of hydrogen-bond donors (Lipinski definition) is 1. The Morgan fingerprint density at radius 2 is 1.74 bits per heavy atom. The molecule has 0 unspecified atom stereocenters. The van der Waals surface area contributed by atoms with E-state index in [9.17, 15) is 19.2 Å². The van der Waals surface area contributed by atoms with Gasteiger partial charge in [0, 0.05) is 37.3 Å². The second-order valence-corrected chi connectivity index (χ2v) is 8.69. The number of rotatable bonds is 7. The smallest absolute Gasteiger partial charge is 0.332 e. The maximum absolute atomic E-state index is 12.6. The number of nitrogen functional groups attached to an aromatic ring is 1. The van der Waals surface area contributed by atoms with Crippen LogP contribution in [0.4, 0.5) is 5.82 Å². The van der Waals surface area contributed by atoms with Gasteiger partial charge in [-0.1, -0.05) is 36.4 Å². The summed E-state index contributed by atoms with van der Waals surface area (Å²) >= 11 is 0. The average molecular weight is 526 g/mol. The summed E-state index contributed by atoms with van der Waals surface area (Å²) < 4.78 is 14.5. The van der Waals surface area contributed by atoms with Crippen molar-refractivity contribution in [3.05, 3.63) is 105 Å². The van der Waals surface area contributed by atoms with Gasteiger partial charge in [0.2, 0.25) is 5.78 Å². The third kappa shape index (κ3) is 4.80. The molecule has 39 heavy (non-hydrogen) atoms. The lowest BCUT2D eigenvalue weighted by Gasteiger charge is -2.10. The largest absolute Gasteiger partial charge is 0.454 e. The van der Waals surface area contributed by atoms with Crippen molar-refractivity contribution in [2.45, 2.75) is 0 Å². The topological polar surface area (TPSA) is 144 Å². The number of aromatic nitrogens is 4. The van der Waals surface area contributed by atoms with Crippen LogP contribution in [-0.4, -0.2) is 37.3 Å². The number of anilines is 1. The van der Waals surface area contributed by atoms with Crippen LogP contribution in [0.2, 0.25) is 0 Å². The number of ether oxygens (including phenoxy) is 1. The second-order valence-electron chi connectivity index (χ2n) is 8.69. The summed E-state index contributed by atoms with van der Waals surface area (Å²) in [4.78, 5) is 49.5. The molecule has 0 amide bonds. The molecule has 0 saturated heterocycles. The zero-order valence-corrected chi connectivity index (χ0v) is 21.0. The third-order valence-corrected chi connectivity index (χ3v) is 6.16. The fraction of sp³-hybridized carbons (Fsp3) is 0.107. The second kappa shape index (κ2) is 10.1. The number of carbonyl (C=O) groups is 2. The van der Waals surface area contributed by atoms with Crippen LogP contribution in [-0.2, 0) is 23.6 Å². The van der Waals surface area contributed by atoms with Crippen molar-refractivity contribution in [2.24, 2.45) is 14.1 Å². The molecule has 0 saturated carbocycles. The minimum Gasteiger partial charge on any atom is -0.454 e. The number of furan rings is 1.